The van der Waals surface area contributed by atoms with E-state index in [2.05, 4.69) is 0 Å². The van der Waals surface area contributed by atoms with Crippen LogP contribution in [0.2, 0.25) is 0 Å². The highest BCUT2D eigenvalue weighted by Crippen LogP contribution is 2.20. The van der Waals surface area contributed by atoms with Crippen LogP contribution in [0.15, 0.2) is 48.5 Å². The van der Waals surface area contributed by atoms with Gasteiger partial charge in [-0.25, -0.2) is 0 Å². The summed E-state index contributed by atoms with van der Waals surface area (Å²) >= 11 is 0. The van der Waals surface area contributed by atoms with Crippen LogP contribution in [0.5, 0.6) is 0 Å². The summed E-state index contributed by atoms with van der Waals surface area (Å²) in [5.41, 5.74) is 1.13. The van der Waals surface area contributed by atoms with Crippen LogP contribution < -0.4 is 0 Å². The molecule has 0 spiro atoms. The van der Waals surface area contributed by atoms with Crippen LogP contribution in [-0.4, -0.2) is 16.1 Å². The lowest BCUT2D eigenvalue weighted by Crippen LogP contribution is -2.20. The molecule has 62 valence electrons. The van der Waals surface area contributed by atoms with E-state index in [-0.39, 0.29) is 6.10 Å². The molecule has 0 saturated heterocycles. The third kappa shape index (κ3) is 1.34. The summed E-state index contributed by atoms with van der Waals surface area (Å²) in [5.74, 6) is 0. The lowest BCUT2D eigenvalue weighted by atomic mass is 10.1. The van der Waals surface area contributed by atoms with Crippen molar-refractivity contribution in [1.82, 2.24) is 4.90 Å². The van der Waals surface area contributed by atoms with Crippen LogP contribution in [0.25, 0.3) is 0 Å². The van der Waals surface area contributed by atoms with Crippen LogP contribution >= 0.6 is 0 Å². The number of hydrogen-bond donors (Lipinski definition) is 1. The van der Waals surface area contributed by atoms with Gasteiger partial charge in [0.1, 0.15) is 0 Å². The van der Waals surface area contributed by atoms with Gasteiger partial charge in [-0.15, -0.1) is 0 Å². The predicted octanol–water partition coefficient (Wildman–Crippen LogP) is 1.53. The van der Waals surface area contributed by atoms with E-state index in [1.807, 2.05) is 41.6 Å². The molecule has 0 aliphatic carbocycles. The van der Waals surface area contributed by atoms with E-state index in [0.717, 1.165) is 5.70 Å². The molecule has 0 bridgehead atoms. The van der Waals surface area contributed by atoms with Gasteiger partial charge in [0.2, 0.25) is 0 Å². The van der Waals surface area contributed by atoms with E-state index in [4.69, 9.17) is 0 Å². The van der Waals surface area contributed by atoms with Gasteiger partial charge in [-0.3, -0.25) is 0 Å². The molecule has 1 N–H and O–H groups in total. The smallest absolute Gasteiger partial charge is 0.0792 e. The average molecular weight is 161 g/mol. The first kappa shape index (κ1) is 7.37. The SMILES string of the molecule is OC1C=CN2C=CC=CC=C2C1. The maximum atomic E-state index is 9.34. The molecule has 0 radical (unpaired) electrons. The minimum atomic E-state index is -0.326. The first-order valence-electron chi connectivity index (χ1n) is 4.05. The van der Waals surface area contributed by atoms with Crippen molar-refractivity contribution in [3.8, 4) is 0 Å². The molecule has 0 saturated carbocycles. The first-order chi connectivity index (χ1) is 5.86. The highest BCUT2D eigenvalue weighted by atomic mass is 16.3. The maximum absolute atomic E-state index is 9.34. The predicted molar refractivity (Wildman–Crippen MR) is 48.0 cm³/mol. The molecule has 1 unspecified atom stereocenters. The fourth-order valence-corrected chi connectivity index (χ4v) is 1.35. The third-order valence-electron chi connectivity index (χ3n) is 1.98. The van der Waals surface area contributed by atoms with Crippen molar-refractivity contribution < 1.29 is 5.11 Å². The number of nitrogens with zero attached hydrogens (tertiary/aromatic N) is 1. The lowest BCUT2D eigenvalue weighted by Gasteiger charge is -2.24. The lowest BCUT2D eigenvalue weighted by molar-refractivity contribution is 0.207. The Bertz CT molecular complexity index is 286. The van der Waals surface area contributed by atoms with Crippen LogP contribution in [0.3, 0.4) is 0 Å². The Morgan fingerprint density at radius 2 is 2.17 bits per heavy atom. The van der Waals surface area contributed by atoms with Crippen molar-refractivity contribution in [3.63, 3.8) is 0 Å². The van der Waals surface area contributed by atoms with Crippen molar-refractivity contribution >= 4 is 0 Å². The van der Waals surface area contributed by atoms with E-state index < -0.39 is 0 Å². The van der Waals surface area contributed by atoms with Gasteiger partial charge < -0.3 is 10.0 Å². The number of aliphatic hydroxyl groups is 1. The number of aliphatic hydroxyl groups excluding tert-OH is 1. The molecule has 0 aromatic heterocycles. The Morgan fingerprint density at radius 3 is 3.08 bits per heavy atom. The quantitative estimate of drug-likeness (QED) is 0.582. The monoisotopic (exact) mass is 161 g/mol. The van der Waals surface area contributed by atoms with Crippen molar-refractivity contribution in [1.29, 1.82) is 0 Å². The fourth-order valence-electron chi connectivity index (χ4n) is 1.35. The highest BCUT2D eigenvalue weighted by molar-refractivity contribution is 5.27. The summed E-state index contributed by atoms with van der Waals surface area (Å²) < 4.78 is 0. The Morgan fingerprint density at radius 1 is 1.25 bits per heavy atom. The maximum Gasteiger partial charge on any atom is 0.0792 e. The first-order valence-corrected chi connectivity index (χ1v) is 4.05. The van der Waals surface area contributed by atoms with Gasteiger partial charge in [0.05, 0.1) is 6.10 Å². The van der Waals surface area contributed by atoms with Crippen LogP contribution in [0.4, 0.5) is 0 Å². The van der Waals surface area contributed by atoms with E-state index in [0.29, 0.717) is 6.42 Å². The summed E-state index contributed by atoms with van der Waals surface area (Å²) in [4.78, 5) is 2.02. The fraction of sp³-hybridized carbons (Fsp3) is 0.200. The summed E-state index contributed by atoms with van der Waals surface area (Å²) in [5, 5.41) is 9.34. The van der Waals surface area contributed by atoms with Crippen molar-refractivity contribution in [2.45, 2.75) is 12.5 Å². The molecule has 0 fully saturated rings. The second-order valence-corrected chi connectivity index (χ2v) is 2.90. The van der Waals surface area contributed by atoms with Crippen LogP contribution in [0.1, 0.15) is 6.42 Å². The molecule has 2 rings (SSSR count). The Balaban J connectivity index is 2.30. The molecular formula is C10H11NO. The summed E-state index contributed by atoms with van der Waals surface area (Å²) in [6.07, 6.45) is 14.0. The molecule has 2 heterocycles. The molecule has 2 aliphatic heterocycles. The topological polar surface area (TPSA) is 23.5 Å². The Labute approximate surface area is 71.8 Å². The van der Waals surface area contributed by atoms with E-state index in [1.54, 1.807) is 6.08 Å². The van der Waals surface area contributed by atoms with Gasteiger partial charge >= 0.3 is 0 Å². The number of rotatable bonds is 0. The van der Waals surface area contributed by atoms with E-state index >= 15 is 0 Å². The molecular weight excluding hydrogens is 150 g/mol. The molecule has 2 nitrogen and oxygen atoms in total. The Hall–Kier alpha value is -1.28. The normalized spacial score (nSPS) is 26.6. The Kier molecular flexibility index (Phi) is 1.84. The van der Waals surface area contributed by atoms with Crippen molar-refractivity contribution in [2.75, 3.05) is 0 Å². The molecule has 1 atom stereocenters. The largest absolute Gasteiger partial charge is 0.389 e. The number of allylic oxidation sites excluding steroid dienone is 4. The van der Waals surface area contributed by atoms with Crippen molar-refractivity contribution in [2.24, 2.45) is 0 Å². The highest BCUT2D eigenvalue weighted by Gasteiger charge is 2.13. The van der Waals surface area contributed by atoms with Gasteiger partial charge in [0.15, 0.2) is 0 Å². The second kappa shape index (κ2) is 2.99. The average Bonchev–Trinajstić information content (AvgIpc) is 2.28. The van der Waals surface area contributed by atoms with Gasteiger partial charge in [0, 0.05) is 24.5 Å². The molecule has 2 aliphatic rings. The summed E-state index contributed by atoms with van der Waals surface area (Å²) in [6.45, 7) is 0. The molecule has 0 amide bonds. The molecule has 12 heavy (non-hydrogen) atoms. The third-order valence-corrected chi connectivity index (χ3v) is 1.98. The minimum Gasteiger partial charge on any atom is -0.389 e. The summed E-state index contributed by atoms with van der Waals surface area (Å²) in [7, 11) is 0. The van der Waals surface area contributed by atoms with E-state index in [1.165, 1.54) is 0 Å². The van der Waals surface area contributed by atoms with E-state index in [9.17, 15) is 5.11 Å². The number of hydrogen-bond acceptors (Lipinski definition) is 2. The van der Waals surface area contributed by atoms with Crippen LogP contribution in [0, 0.1) is 0 Å². The zero-order chi connectivity index (χ0) is 8.39. The minimum absolute atomic E-state index is 0.326. The summed E-state index contributed by atoms with van der Waals surface area (Å²) in [6, 6.07) is 0. The van der Waals surface area contributed by atoms with Crippen LogP contribution in [-0.2, 0) is 0 Å². The zero-order valence-electron chi connectivity index (χ0n) is 6.72. The van der Waals surface area contributed by atoms with Gasteiger partial charge in [-0.1, -0.05) is 12.2 Å². The molecule has 0 aromatic carbocycles. The standard InChI is InChI=1S/C10H11NO/c12-10-5-7-11-6-3-1-2-4-9(11)8-10/h1-7,10,12H,8H2. The van der Waals surface area contributed by atoms with Gasteiger partial charge in [-0.05, 0) is 18.2 Å². The number of fused-ring (bicyclic) bond motifs is 1. The molecule has 0 aromatic rings. The van der Waals surface area contributed by atoms with Crippen molar-refractivity contribution in [3.05, 3.63) is 48.5 Å². The zero-order valence-corrected chi connectivity index (χ0v) is 6.72. The van der Waals surface area contributed by atoms with Gasteiger partial charge in [-0.2, -0.15) is 0 Å². The van der Waals surface area contributed by atoms with Gasteiger partial charge in [0.25, 0.3) is 0 Å². The molecule has 2 heteroatoms. The second-order valence-electron chi connectivity index (χ2n) is 2.90.